The molecular formula is C82H165NO3. The smallest absolute Gasteiger partial charge is 0.220 e. The van der Waals surface area contributed by atoms with Gasteiger partial charge in [0.2, 0.25) is 5.91 Å². The average Bonchev–Trinajstić information content (AvgIpc) is 3.59. The van der Waals surface area contributed by atoms with Crippen molar-refractivity contribution in [3.8, 4) is 0 Å². The number of carbonyl (C=O) groups excluding carboxylic acids is 1. The lowest BCUT2D eigenvalue weighted by Gasteiger charge is -2.22. The van der Waals surface area contributed by atoms with Gasteiger partial charge in [0, 0.05) is 6.42 Å². The van der Waals surface area contributed by atoms with Gasteiger partial charge in [-0.2, -0.15) is 0 Å². The van der Waals surface area contributed by atoms with Crippen molar-refractivity contribution in [2.75, 3.05) is 6.61 Å². The van der Waals surface area contributed by atoms with Crippen molar-refractivity contribution in [3.05, 3.63) is 0 Å². The van der Waals surface area contributed by atoms with Crippen LogP contribution in [0, 0.1) is 0 Å². The molecule has 0 aliphatic heterocycles. The van der Waals surface area contributed by atoms with E-state index in [2.05, 4.69) is 19.2 Å². The Bertz CT molecular complexity index is 1190. The fourth-order valence-electron chi connectivity index (χ4n) is 13.9. The van der Waals surface area contributed by atoms with E-state index in [1.54, 1.807) is 0 Å². The van der Waals surface area contributed by atoms with Gasteiger partial charge in [0.15, 0.2) is 0 Å². The molecule has 0 aliphatic rings. The Morgan fingerprint density at radius 2 is 0.372 bits per heavy atom. The number of hydrogen-bond acceptors (Lipinski definition) is 3. The van der Waals surface area contributed by atoms with E-state index in [-0.39, 0.29) is 12.5 Å². The van der Waals surface area contributed by atoms with E-state index < -0.39 is 12.1 Å². The monoisotopic (exact) mass is 1210 g/mol. The summed E-state index contributed by atoms with van der Waals surface area (Å²) in [5, 5.41) is 23.5. The van der Waals surface area contributed by atoms with Crippen LogP contribution in [-0.4, -0.2) is 34.9 Å². The molecule has 4 heteroatoms. The highest BCUT2D eigenvalue weighted by Gasteiger charge is 2.20. The molecule has 0 saturated heterocycles. The summed E-state index contributed by atoms with van der Waals surface area (Å²) in [6, 6.07) is -0.534. The van der Waals surface area contributed by atoms with Gasteiger partial charge < -0.3 is 15.5 Å². The van der Waals surface area contributed by atoms with Crippen molar-refractivity contribution in [2.24, 2.45) is 0 Å². The topological polar surface area (TPSA) is 69.6 Å². The van der Waals surface area contributed by atoms with Crippen molar-refractivity contribution in [1.29, 1.82) is 0 Å². The second kappa shape index (κ2) is 78.6. The quantitative estimate of drug-likeness (QED) is 0.0532. The maximum absolute atomic E-state index is 12.6. The van der Waals surface area contributed by atoms with E-state index in [1.165, 1.54) is 449 Å². The summed E-state index contributed by atoms with van der Waals surface area (Å²) in [7, 11) is 0. The second-order valence-electron chi connectivity index (χ2n) is 28.9. The number of amides is 1. The molecule has 0 spiro atoms. The van der Waals surface area contributed by atoms with Gasteiger partial charge in [-0.05, 0) is 12.8 Å². The van der Waals surface area contributed by atoms with E-state index in [9.17, 15) is 15.0 Å². The first-order chi connectivity index (χ1) is 42.7. The van der Waals surface area contributed by atoms with E-state index in [0.29, 0.717) is 12.8 Å². The van der Waals surface area contributed by atoms with Crippen LogP contribution in [0.4, 0.5) is 0 Å². The summed E-state index contributed by atoms with van der Waals surface area (Å²) in [6.07, 6.45) is 105. The molecule has 0 fully saturated rings. The van der Waals surface area contributed by atoms with Crippen LogP contribution in [0.2, 0.25) is 0 Å². The average molecular weight is 1210 g/mol. The predicted octanol–water partition coefficient (Wildman–Crippen LogP) is 28.5. The highest BCUT2D eigenvalue weighted by Crippen LogP contribution is 2.21. The third-order valence-electron chi connectivity index (χ3n) is 20.1. The fraction of sp³-hybridized carbons (Fsp3) is 0.988. The Kier molecular flexibility index (Phi) is 78.1. The second-order valence-corrected chi connectivity index (χ2v) is 28.9. The van der Waals surface area contributed by atoms with Crippen LogP contribution in [0.15, 0.2) is 0 Å². The van der Waals surface area contributed by atoms with Crippen LogP contribution in [-0.2, 0) is 4.79 Å². The molecule has 2 unspecified atom stereocenters. The highest BCUT2D eigenvalue weighted by atomic mass is 16.3. The Morgan fingerprint density at radius 3 is 0.523 bits per heavy atom. The molecule has 0 heterocycles. The van der Waals surface area contributed by atoms with Crippen molar-refractivity contribution < 1.29 is 15.0 Å². The summed E-state index contributed by atoms with van der Waals surface area (Å²) in [5.41, 5.74) is 0. The number of rotatable bonds is 79. The summed E-state index contributed by atoms with van der Waals surface area (Å²) >= 11 is 0. The molecule has 0 rings (SSSR count). The number of aliphatic hydroxyl groups is 2. The summed E-state index contributed by atoms with van der Waals surface area (Å²) < 4.78 is 0. The molecule has 86 heavy (non-hydrogen) atoms. The van der Waals surface area contributed by atoms with Gasteiger partial charge in [0.1, 0.15) is 0 Å². The molecule has 0 bridgehead atoms. The van der Waals surface area contributed by atoms with Gasteiger partial charge in [-0.25, -0.2) is 0 Å². The van der Waals surface area contributed by atoms with E-state index >= 15 is 0 Å². The summed E-state index contributed by atoms with van der Waals surface area (Å²) in [4.78, 5) is 12.6. The normalized spacial score (nSPS) is 12.5. The minimum Gasteiger partial charge on any atom is -0.394 e. The molecule has 0 radical (unpaired) electrons. The molecule has 0 aliphatic carbocycles. The Morgan fingerprint density at radius 1 is 0.233 bits per heavy atom. The molecule has 3 N–H and O–H groups in total. The SMILES string of the molecule is CCCCCCCCCCCCCCCCCCCCCCCCCCCCCCCCCCCCCCCCCCCC(=O)NC(CO)C(O)CCCCCCCCCCCCCCCCCCCCCCCCCCCCCCCCCCC. The summed E-state index contributed by atoms with van der Waals surface area (Å²) in [6.45, 7) is 4.43. The molecule has 0 aromatic heterocycles. The number of unbranched alkanes of at least 4 members (excludes halogenated alkanes) is 72. The van der Waals surface area contributed by atoms with Crippen molar-refractivity contribution >= 4 is 5.91 Å². The fourth-order valence-corrected chi connectivity index (χ4v) is 13.9. The van der Waals surface area contributed by atoms with E-state index in [1.807, 2.05) is 0 Å². The van der Waals surface area contributed by atoms with Gasteiger partial charge in [0.25, 0.3) is 0 Å². The lowest BCUT2D eigenvalue weighted by Crippen LogP contribution is -2.45. The molecule has 0 aromatic rings. The lowest BCUT2D eigenvalue weighted by molar-refractivity contribution is -0.123. The van der Waals surface area contributed by atoms with E-state index in [0.717, 1.165) is 25.7 Å². The third kappa shape index (κ3) is 74.1. The minimum atomic E-state index is -0.658. The molecule has 0 saturated carbocycles. The minimum absolute atomic E-state index is 0.0176. The molecule has 2 atom stereocenters. The van der Waals surface area contributed by atoms with Crippen molar-refractivity contribution in [2.45, 2.75) is 514 Å². The maximum Gasteiger partial charge on any atom is 0.220 e. The molecule has 1 amide bonds. The molecule has 516 valence electrons. The van der Waals surface area contributed by atoms with Gasteiger partial charge in [0.05, 0.1) is 18.8 Å². The lowest BCUT2D eigenvalue weighted by atomic mass is 10.0. The van der Waals surface area contributed by atoms with Crippen LogP contribution >= 0.6 is 0 Å². The van der Waals surface area contributed by atoms with E-state index in [4.69, 9.17) is 0 Å². The first-order valence-corrected chi connectivity index (χ1v) is 41.2. The van der Waals surface area contributed by atoms with Crippen LogP contribution in [0.3, 0.4) is 0 Å². The molecule has 0 aromatic carbocycles. The number of hydrogen-bond donors (Lipinski definition) is 3. The zero-order valence-electron chi connectivity index (χ0n) is 59.9. The zero-order chi connectivity index (χ0) is 61.9. The van der Waals surface area contributed by atoms with Gasteiger partial charge in [-0.3, -0.25) is 4.79 Å². The van der Waals surface area contributed by atoms with Gasteiger partial charge >= 0.3 is 0 Å². The highest BCUT2D eigenvalue weighted by molar-refractivity contribution is 5.76. The molecule has 4 nitrogen and oxygen atoms in total. The number of carbonyl (C=O) groups is 1. The Labute approximate surface area is 544 Å². The number of aliphatic hydroxyl groups excluding tert-OH is 2. The van der Waals surface area contributed by atoms with Crippen LogP contribution in [0.5, 0.6) is 0 Å². The summed E-state index contributed by atoms with van der Waals surface area (Å²) in [5.74, 6) is -0.0176. The predicted molar refractivity (Wildman–Crippen MR) is 387 cm³/mol. The van der Waals surface area contributed by atoms with Crippen LogP contribution < -0.4 is 5.32 Å². The van der Waals surface area contributed by atoms with Crippen LogP contribution in [0.1, 0.15) is 502 Å². The number of nitrogens with one attached hydrogen (secondary N) is 1. The first-order valence-electron chi connectivity index (χ1n) is 41.2. The Hall–Kier alpha value is -0.610. The van der Waals surface area contributed by atoms with Gasteiger partial charge in [-0.1, -0.05) is 483 Å². The third-order valence-corrected chi connectivity index (χ3v) is 20.1. The van der Waals surface area contributed by atoms with Gasteiger partial charge in [-0.15, -0.1) is 0 Å². The maximum atomic E-state index is 12.6. The Balaban J connectivity index is 3.32. The van der Waals surface area contributed by atoms with Crippen molar-refractivity contribution in [3.63, 3.8) is 0 Å². The van der Waals surface area contributed by atoms with Crippen LogP contribution in [0.25, 0.3) is 0 Å². The largest absolute Gasteiger partial charge is 0.394 e. The molecular weight excluding hydrogens is 1050 g/mol. The first kappa shape index (κ1) is 85.4. The van der Waals surface area contributed by atoms with Crippen molar-refractivity contribution in [1.82, 2.24) is 5.32 Å². The zero-order valence-corrected chi connectivity index (χ0v) is 59.9. The standard InChI is InChI=1S/C82H165NO3/c1-3-5-7-9-11-13-15-17-19-21-23-25-27-29-31-33-35-37-38-39-40-41-42-43-44-46-48-50-52-54-56-58-60-62-64-66-68-70-72-74-76-78-82(86)83-80(79-84)81(85)77-75-73-71-69-67-65-63-61-59-57-55-53-51-49-47-45-36-34-32-30-28-26-24-22-20-18-16-14-12-10-8-6-4-2/h80-81,84-85H,3-79H2,1-2H3,(H,83,86).